The van der Waals surface area contributed by atoms with Crippen molar-refractivity contribution in [3.8, 4) is 0 Å². The van der Waals surface area contributed by atoms with Gasteiger partial charge < -0.3 is 5.32 Å². The van der Waals surface area contributed by atoms with E-state index >= 15 is 0 Å². The van der Waals surface area contributed by atoms with Gasteiger partial charge in [-0.1, -0.05) is 6.92 Å². The number of aryl methyl sites for hydroxylation is 2. The minimum Gasteiger partial charge on any atom is -0.379 e. The Balaban J connectivity index is 1.89. The van der Waals surface area contributed by atoms with Gasteiger partial charge in [0.15, 0.2) is 5.82 Å². The molecule has 1 aromatic carbocycles. The number of halogens is 4. The van der Waals surface area contributed by atoms with Gasteiger partial charge in [-0.3, -0.25) is 0 Å². The average molecular weight is 392 g/mol. The van der Waals surface area contributed by atoms with Gasteiger partial charge in [0.25, 0.3) is 9.84 Å². The average Bonchev–Trinajstić information content (AvgIpc) is 2.97. The first-order valence-electron chi connectivity index (χ1n) is 7.92. The van der Waals surface area contributed by atoms with Crippen molar-refractivity contribution < 1.29 is 26.0 Å². The third-order valence-corrected chi connectivity index (χ3v) is 5.64. The molecule has 1 unspecified atom stereocenters. The van der Waals surface area contributed by atoms with Crippen molar-refractivity contribution >= 4 is 15.5 Å². The normalized spacial score (nSPS) is 17.8. The van der Waals surface area contributed by atoms with Crippen LogP contribution in [0.4, 0.5) is 23.2 Å². The van der Waals surface area contributed by atoms with Crippen molar-refractivity contribution in [2.75, 3.05) is 5.32 Å². The van der Waals surface area contributed by atoms with Crippen molar-refractivity contribution in [1.82, 2.24) is 14.8 Å². The Bertz CT molecular complexity index is 924. The fraction of sp³-hybridized carbons (Fsp3) is 0.467. The topological polar surface area (TPSA) is 76.9 Å². The summed E-state index contributed by atoms with van der Waals surface area (Å²) >= 11 is 0. The fourth-order valence-electron chi connectivity index (χ4n) is 2.81. The lowest BCUT2D eigenvalue weighted by atomic mass is 10.1. The number of aromatic nitrogens is 3. The van der Waals surface area contributed by atoms with E-state index in [0.717, 1.165) is 18.0 Å². The Kier molecular flexibility index (Phi) is 4.67. The van der Waals surface area contributed by atoms with E-state index in [4.69, 9.17) is 0 Å². The molecular formula is C15H16F4N4O2S. The Morgan fingerprint density at radius 1 is 1.35 bits per heavy atom. The lowest BCUT2D eigenvalue weighted by Gasteiger charge is -2.25. The molecule has 6 nitrogen and oxygen atoms in total. The van der Waals surface area contributed by atoms with Crippen LogP contribution in [0.2, 0.25) is 0 Å². The summed E-state index contributed by atoms with van der Waals surface area (Å²) in [6, 6.07) is 1.93. The Morgan fingerprint density at radius 2 is 2.08 bits per heavy atom. The highest BCUT2D eigenvalue weighted by molar-refractivity contribution is 7.92. The fourth-order valence-corrected chi connectivity index (χ4v) is 3.74. The molecule has 1 aliphatic heterocycles. The minimum atomic E-state index is -5.68. The van der Waals surface area contributed by atoms with Gasteiger partial charge in [0.2, 0.25) is 0 Å². The van der Waals surface area contributed by atoms with Crippen LogP contribution in [0.15, 0.2) is 23.1 Å². The molecule has 0 bridgehead atoms. The van der Waals surface area contributed by atoms with Crippen LogP contribution in [0.1, 0.15) is 25.0 Å². The number of hydrogen-bond acceptors (Lipinski definition) is 5. The molecule has 11 heteroatoms. The molecular weight excluding hydrogens is 376 g/mol. The molecule has 0 aliphatic carbocycles. The third-order valence-electron chi connectivity index (χ3n) is 4.12. The molecule has 1 aliphatic rings. The van der Waals surface area contributed by atoms with Crippen LogP contribution in [0.25, 0.3) is 0 Å². The summed E-state index contributed by atoms with van der Waals surface area (Å²) in [6.45, 7) is 2.23. The van der Waals surface area contributed by atoms with E-state index in [1.807, 2.05) is 6.92 Å². The number of nitrogens with zero attached hydrogens (tertiary/aromatic N) is 3. The zero-order valence-corrected chi connectivity index (χ0v) is 14.5. The standard InChI is InChI=1S/C15H16F4N4O2S/c1-2-13-21-14-6-4-10(8-23(14)22-13)20-11-5-3-9(16)7-12(11)26(24,25)15(17,18)19/h3,5,7,10,20H,2,4,6,8H2,1H3. The number of hydrogen-bond donors (Lipinski definition) is 1. The van der Waals surface area contributed by atoms with Crippen molar-refractivity contribution in [3.63, 3.8) is 0 Å². The molecule has 0 spiro atoms. The van der Waals surface area contributed by atoms with Gasteiger partial charge in [0.05, 0.1) is 12.2 Å². The van der Waals surface area contributed by atoms with Gasteiger partial charge in [-0.05, 0) is 24.6 Å². The third kappa shape index (κ3) is 3.39. The van der Waals surface area contributed by atoms with E-state index in [0.29, 0.717) is 37.7 Å². The number of alkyl halides is 3. The van der Waals surface area contributed by atoms with Gasteiger partial charge in [-0.25, -0.2) is 22.5 Å². The number of rotatable bonds is 4. The highest BCUT2D eigenvalue weighted by atomic mass is 32.2. The molecule has 0 amide bonds. The Labute approximate surface area is 147 Å². The highest BCUT2D eigenvalue weighted by Gasteiger charge is 2.48. The zero-order chi connectivity index (χ0) is 19.1. The van der Waals surface area contributed by atoms with Crippen molar-refractivity contribution in [2.24, 2.45) is 0 Å². The van der Waals surface area contributed by atoms with Crippen LogP contribution in [0.5, 0.6) is 0 Å². The molecule has 1 atom stereocenters. The molecule has 2 heterocycles. The largest absolute Gasteiger partial charge is 0.501 e. The molecule has 142 valence electrons. The van der Waals surface area contributed by atoms with Crippen LogP contribution < -0.4 is 5.32 Å². The van der Waals surface area contributed by atoms with Crippen LogP contribution in [0, 0.1) is 5.82 Å². The number of nitrogens with one attached hydrogen (secondary N) is 1. The molecule has 3 rings (SSSR count). The summed E-state index contributed by atoms with van der Waals surface area (Å²) in [5.74, 6) is 0.387. The van der Waals surface area contributed by atoms with Crippen molar-refractivity contribution in [3.05, 3.63) is 35.7 Å². The molecule has 0 radical (unpaired) electrons. The molecule has 0 fully saturated rings. The quantitative estimate of drug-likeness (QED) is 0.810. The first-order valence-corrected chi connectivity index (χ1v) is 9.40. The van der Waals surface area contributed by atoms with E-state index < -0.39 is 26.1 Å². The molecule has 1 aromatic heterocycles. The first kappa shape index (κ1) is 18.6. The molecule has 0 saturated carbocycles. The molecule has 2 aromatic rings. The lowest BCUT2D eigenvalue weighted by molar-refractivity contribution is -0.0435. The van der Waals surface area contributed by atoms with Crippen LogP contribution in [-0.2, 0) is 29.2 Å². The SMILES string of the molecule is CCc1nc2n(n1)CC(Nc1ccc(F)cc1S(=O)(=O)C(F)(F)F)CC2. The van der Waals surface area contributed by atoms with Gasteiger partial charge in [0.1, 0.15) is 16.5 Å². The predicted octanol–water partition coefficient (Wildman–Crippen LogP) is 2.70. The van der Waals surface area contributed by atoms with Gasteiger partial charge in [-0.15, -0.1) is 0 Å². The minimum absolute atomic E-state index is 0.284. The first-order chi connectivity index (χ1) is 12.1. The van der Waals surface area contributed by atoms with Crippen LogP contribution in [0.3, 0.4) is 0 Å². The highest BCUT2D eigenvalue weighted by Crippen LogP contribution is 2.35. The lowest BCUT2D eigenvalue weighted by Crippen LogP contribution is -2.33. The van der Waals surface area contributed by atoms with Gasteiger partial charge >= 0.3 is 5.51 Å². The van der Waals surface area contributed by atoms with Gasteiger partial charge in [0, 0.05) is 18.9 Å². The Hall–Kier alpha value is -2.17. The smallest absolute Gasteiger partial charge is 0.379 e. The maximum Gasteiger partial charge on any atom is 0.501 e. The van der Waals surface area contributed by atoms with E-state index in [9.17, 15) is 26.0 Å². The summed E-state index contributed by atoms with van der Waals surface area (Å²) < 4.78 is 77.2. The maximum absolute atomic E-state index is 13.4. The summed E-state index contributed by atoms with van der Waals surface area (Å²) in [7, 11) is -5.68. The van der Waals surface area contributed by atoms with E-state index in [-0.39, 0.29) is 11.7 Å². The van der Waals surface area contributed by atoms with Crippen LogP contribution >= 0.6 is 0 Å². The number of sulfone groups is 1. The molecule has 0 saturated heterocycles. The number of benzene rings is 1. The second-order valence-electron chi connectivity index (χ2n) is 5.95. The summed E-state index contributed by atoms with van der Waals surface area (Å²) in [4.78, 5) is 3.22. The zero-order valence-electron chi connectivity index (χ0n) is 13.7. The maximum atomic E-state index is 13.4. The predicted molar refractivity (Wildman–Crippen MR) is 84.8 cm³/mol. The van der Waals surface area contributed by atoms with Crippen molar-refractivity contribution in [2.45, 2.75) is 49.2 Å². The van der Waals surface area contributed by atoms with Crippen molar-refractivity contribution in [1.29, 1.82) is 0 Å². The number of anilines is 1. The summed E-state index contributed by atoms with van der Waals surface area (Å²) in [5, 5.41) is 7.08. The second-order valence-corrected chi connectivity index (χ2v) is 7.86. The molecule has 26 heavy (non-hydrogen) atoms. The summed E-state index contributed by atoms with van der Waals surface area (Å²) in [6.07, 6.45) is 1.74. The molecule has 1 N–H and O–H groups in total. The van der Waals surface area contributed by atoms with Gasteiger partial charge in [-0.2, -0.15) is 18.3 Å². The van der Waals surface area contributed by atoms with E-state index in [1.165, 1.54) is 0 Å². The Morgan fingerprint density at radius 3 is 2.73 bits per heavy atom. The van der Waals surface area contributed by atoms with E-state index in [1.54, 1.807) is 4.68 Å². The van der Waals surface area contributed by atoms with E-state index in [2.05, 4.69) is 15.4 Å². The second kappa shape index (κ2) is 6.53. The number of fused-ring (bicyclic) bond motifs is 1. The van der Waals surface area contributed by atoms with Crippen LogP contribution in [-0.4, -0.2) is 34.7 Å². The monoisotopic (exact) mass is 392 g/mol. The summed E-state index contributed by atoms with van der Waals surface area (Å²) in [5.41, 5.74) is -5.80.